The third-order valence-corrected chi connectivity index (χ3v) is 14.5. The zero-order valence-electron chi connectivity index (χ0n) is 36.7. The molecule has 10 heteroatoms. The lowest BCUT2D eigenvalue weighted by molar-refractivity contribution is -0.139. The quantitative estimate of drug-likeness (QED) is 0.142. The van der Waals surface area contributed by atoms with Gasteiger partial charge in [-0.3, -0.25) is 19.4 Å². The van der Waals surface area contributed by atoms with Crippen LogP contribution >= 0.6 is 0 Å². The van der Waals surface area contributed by atoms with E-state index < -0.39 is 0 Å². The third-order valence-electron chi connectivity index (χ3n) is 14.5. The molecule has 11 rings (SSSR count). The van der Waals surface area contributed by atoms with Gasteiger partial charge in [0.1, 0.15) is 23.7 Å². The summed E-state index contributed by atoms with van der Waals surface area (Å²) in [6.45, 7) is 5.32. The Morgan fingerprint density at radius 1 is 0.453 bits per heavy atom. The number of carbonyl (C=O) groups is 2. The lowest BCUT2D eigenvalue weighted by Gasteiger charge is -2.37. The van der Waals surface area contributed by atoms with E-state index in [1.54, 1.807) is 0 Å². The van der Waals surface area contributed by atoms with Crippen LogP contribution in [0.3, 0.4) is 0 Å². The van der Waals surface area contributed by atoms with Crippen LogP contribution in [-0.4, -0.2) is 90.6 Å². The molecule has 0 unspecified atom stereocenters. The average Bonchev–Trinajstić information content (AvgIpc) is 4.19. The van der Waals surface area contributed by atoms with E-state index in [1.807, 2.05) is 36.4 Å². The Balaban J connectivity index is 0.800. The van der Waals surface area contributed by atoms with Crippen LogP contribution in [0.25, 0.3) is 44.3 Å². The van der Waals surface area contributed by atoms with Crippen LogP contribution in [0.1, 0.15) is 111 Å². The maximum atomic E-state index is 14.5. The molecule has 4 atom stereocenters. The molecule has 4 saturated heterocycles. The molecule has 2 aromatic heterocycles. The molecule has 4 aliphatic rings. The number of fused-ring (bicyclic) bond motifs is 2. The minimum Gasteiger partial charge on any atom is -0.340 e. The standard InChI is InChI=1S/C54H58N8O2/c63-53(49(39-15-5-1-6-16-39)59-29-9-3-10-30-59)61-33-13-19-47(61)51-55-43-27-25-41(35-45(43)57-51)37-21-23-38(24-22-37)42-26-28-44-46(36-42)58-52(56-44)48-20-14-34-62(48)54(64)50(40-17-7-2-8-18-40)60-31-11-4-12-32-60/h1-2,5-8,15-18,21-28,35-36,47-50H,3-4,9-14,19-20,29-34H2,(H,55,57)(H,56,58)/t47-,48+,49-,50-/m1/s1. The zero-order chi connectivity index (χ0) is 43.0. The first-order valence-electron chi connectivity index (χ1n) is 23.8. The van der Waals surface area contributed by atoms with Gasteiger partial charge in [0.25, 0.3) is 0 Å². The van der Waals surface area contributed by atoms with Gasteiger partial charge in [0.2, 0.25) is 11.8 Å². The van der Waals surface area contributed by atoms with Crippen LogP contribution in [0, 0.1) is 0 Å². The number of nitrogens with one attached hydrogen (secondary N) is 2. The van der Waals surface area contributed by atoms with Crippen molar-refractivity contribution in [3.63, 3.8) is 0 Å². The Bertz CT molecular complexity index is 2550. The van der Waals surface area contributed by atoms with Crippen LogP contribution in [0.2, 0.25) is 0 Å². The molecule has 4 aliphatic heterocycles. The van der Waals surface area contributed by atoms with Crippen molar-refractivity contribution in [3.8, 4) is 22.3 Å². The van der Waals surface area contributed by atoms with E-state index in [1.165, 1.54) is 12.8 Å². The molecule has 0 spiro atoms. The third kappa shape index (κ3) is 7.91. The molecule has 0 saturated carbocycles. The summed E-state index contributed by atoms with van der Waals surface area (Å²) in [5.74, 6) is 2.13. The van der Waals surface area contributed by atoms with Crippen LogP contribution in [0.5, 0.6) is 0 Å². The number of likely N-dealkylation sites (tertiary alicyclic amines) is 4. The number of hydrogen-bond donors (Lipinski definition) is 2. The fourth-order valence-corrected chi connectivity index (χ4v) is 11.2. The van der Waals surface area contributed by atoms with Gasteiger partial charge in [-0.25, -0.2) is 9.97 Å². The SMILES string of the molecule is O=C([C@@H](c1ccccc1)N1CCCCC1)N1CCC[C@@H]1c1nc2ccc(-c3ccc(-c4ccc5nc([C@@H]6CCCN6C(=O)[C@@H](c6ccccc6)N6CCCCC6)[nH]c5c4)cc3)cc2[nH]1. The van der Waals surface area contributed by atoms with Crippen molar-refractivity contribution in [2.24, 2.45) is 0 Å². The number of hydrogen-bond acceptors (Lipinski definition) is 6. The molecular weight excluding hydrogens is 793 g/mol. The average molecular weight is 851 g/mol. The minimum atomic E-state index is -0.261. The van der Waals surface area contributed by atoms with Crippen molar-refractivity contribution in [2.45, 2.75) is 88.4 Å². The van der Waals surface area contributed by atoms with Gasteiger partial charge in [-0.2, -0.15) is 0 Å². The molecule has 6 heterocycles. The van der Waals surface area contributed by atoms with E-state index in [0.717, 1.165) is 158 Å². The Labute approximate surface area is 375 Å². The first-order chi connectivity index (χ1) is 31.6. The molecule has 64 heavy (non-hydrogen) atoms. The molecular formula is C54H58N8O2. The molecule has 2 amide bonds. The van der Waals surface area contributed by atoms with Gasteiger partial charge < -0.3 is 19.8 Å². The smallest absolute Gasteiger partial charge is 0.245 e. The van der Waals surface area contributed by atoms with Crippen LogP contribution in [0.4, 0.5) is 0 Å². The first-order valence-corrected chi connectivity index (χ1v) is 23.8. The Morgan fingerprint density at radius 3 is 1.25 bits per heavy atom. The zero-order valence-corrected chi connectivity index (χ0v) is 36.7. The number of aromatic amines is 2. The van der Waals surface area contributed by atoms with Crippen molar-refractivity contribution in [2.75, 3.05) is 39.3 Å². The van der Waals surface area contributed by atoms with Gasteiger partial charge in [0, 0.05) is 13.1 Å². The second-order valence-corrected chi connectivity index (χ2v) is 18.5. The summed E-state index contributed by atoms with van der Waals surface area (Å²) in [7, 11) is 0. The maximum Gasteiger partial charge on any atom is 0.245 e. The number of aromatic nitrogens is 4. The summed E-state index contributed by atoms with van der Waals surface area (Å²) < 4.78 is 0. The predicted molar refractivity (Wildman–Crippen MR) is 253 cm³/mol. The summed E-state index contributed by atoms with van der Waals surface area (Å²) in [4.78, 5) is 55.4. The highest BCUT2D eigenvalue weighted by Gasteiger charge is 2.40. The minimum absolute atomic E-state index is 0.0713. The van der Waals surface area contributed by atoms with Crippen LogP contribution < -0.4 is 0 Å². The van der Waals surface area contributed by atoms with Crippen molar-refractivity contribution in [3.05, 3.63) is 144 Å². The highest BCUT2D eigenvalue weighted by Crippen LogP contribution is 2.39. The summed E-state index contributed by atoms with van der Waals surface area (Å²) in [5, 5.41) is 0. The molecule has 0 aliphatic carbocycles. The number of piperidine rings is 2. The summed E-state index contributed by atoms with van der Waals surface area (Å²) in [6, 6.07) is 41.6. The van der Waals surface area contributed by atoms with E-state index >= 15 is 0 Å². The lowest BCUT2D eigenvalue weighted by atomic mass is 10.00. The Hall–Kier alpha value is -6.10. The van der Waals surface area contributed by atoms with E-state index in [4.69, 9.17) is 9.97 Å². The van der Waals surface area contributed by atoms with Gasteiger partial charge in [-0.05, 0) is 135 Å². The van der Waals surface area contributed by atoms with E-state index in [2.05, 4.69) is 114 Å². The van der Waals surface area contributed by atoms with E-state index in [0.29, 0.717) is 0 Å². The van der Waals surface area contributed by atoms with Gasteiger partial charge in [0.15, 0.2) is 0 Å². The second-order valence-electron chi connectivity index (χ2n) is 18.5. The number of carbonyl (C=O) groups excluding carboxylic acids is 2. The summed E-state index contributed by atoms with van der Waals surface area (Å²) in [5.41, 5.74) is 10.4. The normalized spacial score (nSPS) is 20.9. The number of rotatable bonds is 10. The molecule has 0 bridgehead atoms. The molecule has 0 radical (unpaired) electrons. The molecule has 10 nitrogen and oxygen atoms in total. The monoisotopic (exact) mass is 850 g/mol. The molecule has 326 valence electrons. The van der Waals surface area contributed by atoms with Gasteiger partial charge in [0.05, 0.1) is 34.2 Å². The Kier molecular flexibility index (Phi) is 11.3. The Morgan fingerprint density at radius 2 is 0.844 bits per heavy atom. The molecule has 7 aromatic rings. The topological polar surface area (TPSA) is 104 Å². The van der Waals surface area contributed by atoms with Crippen molar-refractivity contribution in [1.29, 1.82) is 0 Å². The second kappa shape index (κ2) is 17.8. The highest BCUT2D eigenvalue weighted by molar-refractivity contribution is 5.87. The van der Waals surface area contributed by atoms with Gasteiger partial charge in [-0.15, -0.1) is 0 Å². The predicted octanol–water partition coefficient (Wildman–Crippen LogP) is 10.6. The number of imidazole rings is 2. The van der Waals surface area contributed by atoms with Crippen molar-refractivity contribution in [1.82, 2.24) is 39.5 Å². The van der Waals surface area contributed by atoms with Crippen molar-refractivity contribution < 1.29 is 9.59 Å². The molecule has 2 N–H and O–H groups in total. The van der Waals surface area contributed by atoms with Gasteiger partial charge >= 0.3 is 0 Å². The fourth-order valence-electron chi connectivity index (χ4n) is 11.2. The maximum absolute atomic E-state index is 14.5. The largest absolute Gasteiger partial charge is 0.340 e. The number of amides is 2. The van der Waals surface area contributed by atoms with E-state index in [9.17, 15) is 9.59 Å². The molecule has 5 aromatic carbocycles. The van der Waals surface area contributed by atoms with E-state index in [-0.39, 0.29) is 36.0 Å². The highest BCUT2D eigenvalue weighted by atomic mass is 16.2. The number of nitrogens with zero attached hydrogens (tertiary/aromatic N) is 6. The summed E-state index contributed by atoms with van der Waals surface area (Å²) >= 11 is 0. The number of benzene rings is 5. The van der Waals surface area contributed by atoms with Crippen LogP contribution in [-0.2, 0) is 9.59 Å². The lowest BCUT2D eigenvalue weighted by Crippen LogP contribution is -2.44. The van der Waals surface area contributed by atoms with Crippen LogP contribution in [0.15, 0.2) is 121 Å². The summed E-state index contributed by atoms with van der Waals surface area (Å²) in [6.07, 6.45) is 10.7. The number of H-pyrrole nitrogens is 2. The first kappa shape index (κ1) is 40.7. The van der Waals surface area contributed by atoms with Crippen molar-refractivity contribution >= 4 is 33.9 Å². The van der Waals surface area contributed by atoms with Gasteiger partial charge in [-0.1, -0.05) is 110 Å². The molecule has 4 fully saturated rings. The fraction of sp³-hybridized carbons (Fsp3) is 0.370.